The number of H-pyrrole nitrogens is 1. The highest BCUT2D eigenvalue weighted by molar-refractivity contribution is 9.10. The van der Waals surface area contributed by atoms with E-state index >= 15 is 0 Å². The van der Waals surface area contributed by atoms with E-state index in [-0.39, 0.29) is 5.56 Å². The Balaban J connectivity index is 2.65. The van der Waals surface area contributed by atoms with Crippen LogP contribution in [0.3, 0.4) is 0 Å². The summed E-state index contributed by atoms with van der Waals surface area (Å²) in [6.45, 7) is 5.79. The molecule has 0 unspecified atom stereocenters. The Bertz CT molecular complexity index is 665. The summed E-state index contributed by atoms with van der Waals surface area (Å²) < 4.78 is 2.60. The van der Waals surface area contributed by atoms with E-state index < -0.39 is 0 Å². The average molecular weight is 307 g/mol. The van der Waals surface area contributed by atoms with Crippen LogP contribution in [0.25, 0.3) is 11.8 Å². The number of rotatable bonds is 2. The molecule has 2 rings (SSSR count). The first kappa shape index (κ1) is 12.9. The maximum absolute atomic E-state index is 12.3. The molecule has 0 amide bonds. The van der Waals surface area contributed by atoms with E-state index in [1.165, 1.54) is 0 Å². The highest BCUT2D eigenvalue weighted by Gasteiger charge is 2.11. The number of hydrogen-bond acceptors (Lipinski definition) is 1. The Kier molecular flexibility index (Phi) is 3.57. The summed E-state index contributed by atoms with van der Waals surface area (Å²) in [4.78, 5) is 12.3. The third kappa shape index (κ3) is 2.20. The van der Waals surface area contributed by atoms with Crippen LogP contribution in [0.1, 0.15) is 23.7 Å². The summed E-state index contributed by atoms with van der Waals surface area (Å²) in [7, 11) is 0. The third-order valence-electron chi connectivity index (χ3n) is 2.85. The van der Waals surface area contributed by atoms with E-state index in [9.17, 15) is 4.79 Å². The van der Waals surface area contributed by atoms with Crippen molar-refractivity contribution < 1.29 is 0 Å². The zero-order valence-electron chi connectivity index (χ0n) is 10.6. The van der Waals surface area contributed by atoms with Gasteiger partial charge in [-0.2, -0.15) is 0 Å². The minimum atomic E-state index is -0.0176. The summed E-state index contributed by atoms with van der Waals surface area (Å²) in [5, 5.41) is 3.11. The van der Waals surface area contributed by atoms with E-state index in [0.717, 1.165) is 21.4 Å². The first-order valence-corrected chi connectivity index (χ1v) is 6.54. The lowest BCUT2D eigenvalue weighted by molar-refractivity contribution is 0.828. The quantitative estimate of drug-likeness (QED) is 0.905. The van der Waals surface area contributed by atoms with Crippen molar-refractivity contribution in [3.05, 3.63) is 55.9 Å². The highest BCUT2D eigenvalue weighted by Crippen LogP contribution is 2.18. The normalized spacial score (nSPS) is 11.3. The molecule has 2 aromatic rings. The van der Waals surface area contributed by atoms with Gasteiger partial charge in [-0.05, 0) is 44.5 Å². The predicted octanol–water partition coefficient (Wildman–Crippen LogP) is 3.58. The van der Waals surface area contributed by atoms with Crippen LogP contribution < -0.4 is 5.56 Å². The molecule has 0 saturated carbocycles. The topological polar surface area (TPSA) is 37.8 Å². The number of nitrogens with one attached hydrogen (secondary N) is 1. The van der Waals surface area contributed by atoms with E-state index in [1.807, 2.05) is 51.1 Å². The number of halogens is 1. The van der Waals surface area contributed by atoms with Crippen LogP contribution >= 0.6 is 15.9 Å². The number of nitrogens with zero attached hydrogens (tertiary/aromatic N) is 1. The molecule has 0 atom stereocenters. The molecule has 0 fully saturated rings. The second-order valence-electron chi connectivity index (χ2n) is 4.22. The fraction of sp³-hybridized carbons (Fsp3) is 0.214. The van der Waals surface area contributed by atoms with Gasteiger partial charge in [0.15, 0.2) is 0 Å². The largest absolute Gasteiger partial charge is 0.295 e. The minimum absolute atomic E-state index is 0.0176. The molecule has 0 aliphatic carbocycles. The Hall–Kier alpha value is -1.55. The molecule has 0 aliphatic heterocycles. The molecule has 1 aromatic heterocycles. The van der Waals surface area contributed by atoms with Gasteiger partial charge in [0.2, 0.25) is 0 Å². The Morgan fingerprint density at radius 2 is 2.06 bits per heavy atom. The van der Waals surface area contributed by atoms with Crippen LogP contribution in [0.2, 0.25) is 0 Å². The van der Waals surface area contributed by atoms with Gasteiger partial charge in [-0.25, -0.2) is 4.68 Å². The first-order valence-electron chi connectivity index (χ1n) is 5.75. The lowest BCUT2D eigenvalue weighted by Gasteiger charge is -2.06. The van der Waals surface area contributed by atoms with Crippen molar-refractivity contribution in [2.75, 3.05) is 0 Å². The second-order valence-corrected chi connectivity index (χ2v) is 5.14. The summed E-state index contributed by atoms with van der Waals surface area (Å²) in [6.07, 6.45) is 3.70. The van der Waals surface area contributed by atoms with E-state index in [4.69, 9.17) is 0 Å². The predicted molar refractivity (Wildman–Crippen MR) is 78.3 cm³/mol. The van der Waals surface area contributed by atoms with Crippen molar-refractivity contribution in [3.63, 3.8) is 0 Å². The van der Waals surface area contributed by atoms with Crippen molar-refractivity contribution in [2.24, 2.45) is 0 Å². The van der Waals surface area contributed by atoms with Crippen LogP contribution in [0.5, 0.6) is 0 Å². The monoisotopic (exact) mass is 306 g/mol. The average Bonchev–Trinajstić information content (AvgIpc) is 2.58. The smallest absolute Gasteiger partial charge is 0.278 e. The molecule has 0 saturated heterocycles. The maximum atomic E-state index is 12.3. The zero-order chi connectivity index (χ0) is 13.3. The van der Waals surface area contributed by atoms with E-state index in [1.54, 1.807) is 4.68 Å². The fourth-order valence-electron chi connectivity index (χ4n) is 1.96. The van der Waals surface area contributed by atoms with Crippen LogP contribution in [-0.4, -0.2) is 9.78 Å². The van der Waals surface area contributed by atoms with Crippen molar-refractivity contribution in [3.8, 4) is 5.69 Å². The Morgan fingerprint density at radius 3 is 2.67 bits per heavy atom. The molecule has 94 valence electrons. The van der Waals surface area contributed by atoms with E-state index in [0.29, 0.717) is 5.56 Å². The van der Waals surface area contributed by atoms with Crippen molar-refractivity contribution in [1.82, 2.24) is 9.78 Å². The van der Waals surface area contributed by atoms with Gasteiger partial charge in [0.25, 0.3) is 5.56 Å². The summed E-state index contributed by atoms with van der Waals surface area (Å²) in [5.74, 6) is 0. The molecular weight excluding hydrogens is 292 g/mol. The second kappa shape index (κ2) is 4.98. The minimum Gasteiger partial charge on any atom is -0.295 e. The number of benzene rings is 1. The lowest BCUT2D eigenvalue weighted by Crippen LogP contribution is -2.16. The molecule has 0 bridgehead atoms. The SMILES string of the molecule is C/C=C\c1c(C)[nH]n(-c2ccc(Br)cc2C)c1=O. The lowest BCUT2D eigenvalue weighted by atomic mass is 10.2. The van der Waals surface area contributed by atoms with Gasteiger partial charge < -0.3 is 0 Å². The molecule has 0 aliphatic rings. The molecule has 4 heteroatoms. The van der Waals surface area contributed by atoms with Crippen molar-refractivity contribution in [2.45, 2.75) is 20.8 Å². The summed E-state index contributed by atoms with van der Waals surface area (Å²) in [6, 6.07) is 5.85. The standard InChI is InChI=1S/C14H15BrN2O/c1-4-5-12-10(3)16-17(14(12)18)13-7-6-11(15)8-9(13)2/h4-8,16H,1-3H3/b5-4-. The molecule has 1 heterocycles. The summed E-state index contributed by atoms with van der Waals surface area (Å²) in [5.41, 5.74) is 3.48. The Morgan fingerprint density at radius 1 is 1.33 bits per heavy atom. The number of hydrogen-bond donors (Lipinski definition) is 1. The molecule has 1 N–H and O–H groups in total. The number of aromatic amines is 1. The van der Waals surface area contributed by atoms with E-state index in [2.05, 4.69) is 21.0 Å². The van der Waals surface area contributed by atoms with Gasteiger partial charge in [-0.15, -0.1) is 0 Å². The fourth-order valence-corrected chi connectivity index (χ4v) is 2.44. The highest BCUT2D eigenvalue weighted by atomic mass is 79.9. The van der Waals surface area contributed by atoms with Gasteiger partial charge in [0, 0.05) is 10.2 Å². The molecule has 0 spiro atoms. The maximum Gasteiger partial charge on any atom is 0.278 e. The van der Waals surface area contributed by atoms with Crippen LogP contribution in [-0.2, 0) is 0 Å². The zero-order valence-corrected chi connectivity index (χ0v) is 12.2. The Labute approximate surface area is 114 Å². The number of allylic oxidation sites excluding steroid dienone is 1. The van der Waals surface area contributed by atoms with Gasteiger partial charge in [0.1, 0.15) is 0 Å². The van der Waals surface area contributed by atoms with Gasteiger partial charge in [0.05, 0.1) is 11.3 Å². The van der Waals surface area contributed by atoms with Gasteiger partial charge >= 0.3 is 0 Å². The molecule has 3 nitrogen and oxygen atoms in total. The van der Waals surface area contributed by atoms with Crippen LogP contribution in [0.15, 0.2) is 33.5 Å². The van der Waals surface area contributed by atoms with Crippen LogP contribution in [0.4, 0.5) is 0 Å². The number of aromatic nitrogens is 2. The first-order chi connectivity index (χ1) is 8.54. The summed E-state index contributed by atoms with van der Waals surface area (Å²) >= 11 is 3.42. The van der Waals surface area contributed by atoms with Crippen molar-refractivity contribution in [1.29, 1.82) is 0 Å². The molecule has 1 aromatic carbocycles. The van der Waals surface area contributed by atoms with Gasteiger partial charge in [-0.3, -0.25) is 9.89 Å². The van der Waals surface area contributed by atoms with Crippen molar-refractivity contribution >= 4 is 22.0 Å². The van der Waals surface area contributed by atoms with Crippen LogP contribution in [0, 0.1) is 13.8 Å². The van der Waals surface area contributed by atoms with Gasteiger partial charge in [-0.1, -0.05) is 28.1 Å². The number of aryl methyl sites for hydroxylation is 2. The molecular formula is C14H15BrN2O. The molecule has 18 heavy (non-hydrogen) atoms. The third-order valence-corrected chi connectivity index (χ3v) is 3.34. The molecule has 0 radical (unpaired) electrons.